The molecule has 5 nitrogen and oxygen atoms in total. The van der Waals surface area contributed by atoms with Crippen LogP contribution in [0.4, 0.5) is 0 Å². The molecule has 3 rings (SSSR count). The molecule has 0 aliphatic carbocycles. The van der Waals surface area contributed by atoms with E-state index in [2.05, 4.69) is 33.5 Å². The lowest BCUT2D eigenvalue weighted by molar-refractivity contribution is 0.594. The molecule has 1 unspecified atom stereocenters. The van der Waals surface area contributed by atoms with E-state index in [1.54, 1.807) is 11.3 Å². The highest BCUT2D eigenvalue weighted by molar-refractivity contribution is 7.71. The molecule has 3 aromatic rings. The molecule has 0 amide bonds. The highest BCUT2D eigenvalue weighted by atomic mass is 32.1. The molecular formula is C12H15N5S2. The van der Waals surface area contributed by atoms with Crippen molar-refractivity contribution in [2.75, 3.05) is 0 Å². The lowest BCUT2D eigenvalue weighted by Crippen LogP contribution is -2.10. The van der Waals surface area contributed by atoms with Crippen LogP contribution in [0.1, 0.15) is 30.6 Å². The summed E-state index contributed by atoms with van der Waals surface area (Å²) in [7, 11) is 0. The molecule has 0 saturated heterocycles. The van der Waals surface area contributed by atoms with Gasteiger partial charge in [0.1, 0.15) is 10.5 Å². The molecule has 0 saturated carbocycles. The summed E-state index contributed by atoms with van der Waals surface area (Å²) < 4.78 is 4.81. The van der Waals surface area contributed by atoms with Crippen LogP contribution < -0.4 is 0 Å². The Bertz CT molecular complexity index is 762. The van der Waals surface area contributed by atoms with Crippen molar-refractivity contribution in [3.63, 3.8) is 0 Å². The van der Waals surface area contributed by atoms with Crippen LogP contribution in [0.15, 0.2) is 11.6 Å². The number of nitrogens with one attached hydrogen (secondary N) is 1. The fourth-order valence-electron chi connectivity index (χ4n) is 2.35. The van der Waals surface area contributed by atoms with Crippen LogP contribution in [0.25, 0.3) is 11.2 Å². The molecule has 0 radical (unpaired) electrons. The first kappa shape index (κ1) is 12.6. The second kappa shape index (κ2) is 4.57. The number of aryl methyl sites for hydroxylation is 2. The maximum atomic E-state index is 5.47. The van der Waals surface area contributed by atoms with Crippen LogP contribution in [-0.4, -0.2) is 24.3 Å². The zero-order chi connectivity index (χ0) is 13.6. The summed E-state index contributed by atoms with van der Waals surface area (Å²) in [6.45, 7) is 7.02. The van der Waals surface area contributed by atoms with Crippen molar-refractivity contribution in [2.45, 2.75) is 33.4 Å². The van der Waals surface area contributed by atoms with Gasteiger partial charge in [0.25, 0.3) is 0 Å². The zero-order valence-corrected chi connectivity index (χ0v) is 12.7. The van der Waals surface area contributed by atoms with E-state index < -0.39 is 0 Å². The van der Waals surface area contributed by atoms with Gasteiger partial charge >= 0.3 is 0 Å². The molecule has 3 heterocycles. The Morgan fingerprint density at radius 3 is 2.95 bits per heavy atom. The average molecular weight is 293 g/mol. The van der Waals surface area contributed by atoms with E-state index in [1.165, 1.54) is 0 Å². The number of fused-ring (bicyclic) bond motifs is 1. The minimum absolute atomic E-state index is 0.114. The summed E-state index contributed by atoms with van der Waals surface area (Å²) >= 11 is 7.11. The van der Waals surface area contributed by atoms with Crippen LogP contribution in [0.5, 0.6) is 0 Å². The Morgan fingerprint density at radius 2 is 2.32 bits per heavy atom. The summed E-state index contributed by atoms with van der Waals surface area (Å²) in [6.07, 6.45) is 1.83. The molecule has 100 valence electrons. The van der Waals surface area contributed by atoms with Gasteiger partial charge in [-0.3, -0.25) is 4.57 Å². The molecule has 7 heteroatoms. The standard InChI is InChI=1S/C12H15N5S2/c1-4-16-11-9(7(2)15-16)14-12(18)17(11)8(3)10-13-5-6-19-10/h5-6,8H,4H2,1-3H3,(H,14,18). The zero-order valence-electron chi connectivity index (χ0n) is 11.0. The number of nitrogens with zero attached hydrogens (tertiary/aromatic N) is 4. The van der Waals surface area contributed by atoms with E-state index in [0.717, 1.165) is 33.2 Å². The lowest BCUT2D eigenvalue weighted by atomic mass is 10.3. The number of aromatic nitrogens is 5. The molecule has 3 aromatic heterocycles. The van der Waals surface area contributed by atoms with Crippen molar-refractivity contribution in [3.05, 3.63) is 27.0 Å². The van der Waals surface area contributed by atoms with Gasteiger partial charge in [-0.05, 0) is 33.0 Å². The van der Waals surface area contributed by atoms with E-state index in [9.17, 15) is 0 Å². The van der Waals surface area contributed by atoms with Crippen molar-refractivity contribution >= 4 is 34.7 Å². The Balaban J connectivity index is 2.28. The van der Waals surface area contributed by atoms with E-state index in [0.29, 0.717) is 0 Å². The normalized spacial score (nSPS) is 13.2. The third-order valence-corrected chi connectivity index (χ3v) is 4.52. The first-order chi connectivity index (χ1) is 9.13. The fraction of sp³-hybridized carbons (Fsp3) is 0.417. The smallest absolute Gasteiger partial charge is 0.179 e. The summed E-state index contributed by atoms with van der Waals surface area (Å²) in [5.74, 6) is 0. The Hall–Kier alpha value is -1.47. The molecule has 1 atom stereocenters. The summed E-state index contributed by atoms with van der Waals surface area (Å²) in [6, 6.07) is 0.114. The summed E-state index contributed by atoms with van der Waals surface area (Å²) in [5.41, 5.74) is 3.05. The number of imidazole rings is 1. The van der Waals surface area contributed by atoms with Crippen molar-refractivity contribution in [1.82, 2.24) is 24.3 Å². The largest absolute Gasteiger partial charge is 0.328 e. The Labute approximate surface area is 119 Å². The molecule has 0 aliphatic heterocycles. The SMILES string of the molecule is CCn1nc(C)c2[nH]c(=S)n(C(C)c3nccs3)c21. The second-order valence-electron chi connectivity index (χ2n) is 4.45. The predicted octanol–water partition coefficient (Wildman–Crippen LogP) is 3.29. The van der Waals surface area contributed by atoms with Crippen LogP contribution in [0, 0.1) is 11.7 Å². The fourth-order valence-corrected chi connectivity index (χ4v) is 3.39. The monoisotopic (exact) mass is 293 g/mol. The molecule has 0 aromatic carbocycles. The number of hydrogen-bond donors (Lipinski definition) is 1. The first-order valence-electron chi connectivity index (χ1n) is 6.20. The Morgan fingerprint density at radius 1 is 1.53 bits per heavy atom. The number of thiazole rings is 1. The molecule has 0 fully saturated rings. The van der Waals surface area contributed by atoms with Gasteiger partial charge in [-0.2, -0.15) is 5.10 Å². The highest BCUT2D eigenvalue weighted by Gasteiger charge is 2.19. The van der Waals surface area contributed by atoms with Gasteiger partial charge in [0.2, 0.25) is 0 Å². The van der Waals surface area contributed by atoms with Crippen molar-refractivity contribution in [1.29, 1.82) is 0 Å². The van der Waals surface area contributed by atoms with Gasteiger partial charge in [0, 0.05) is 18.1 Å². The van der Waals surface area contributed by atoms with Gasteiger partial charge in [0.05, 0.1) is 11.7 Å². The van der Waals surface area contributed by atoms with Crippen LogP contribution in [-0.2, 0) is 6.54 Å². The van der Waals surface area contributed by atoms with Crippen molar-refractivity contribution < 1.29 is 0 Å². The molecule has 0 spiro atoms. The first-order valence-corrected chi connectivity index (χ1v) is 7.49. The number of rotatable bonds is 3. The topological polar surface area (TPSA) is 51.4 Å². The number of aromatic amines is 1. The maximum absolute atomic E-state index is 5.47. The van der Waals surface area contributed by atoms with Gasteiger partial charge in [-0.1, -0.05) is 0 Å². The lowest BCUT2D eigenvalue weighted by Gasteiger charge is -2.12. The van der Waals surface area contributed by atoms with Crippen LogP contribution in [0.3, 0.4) is 0 Å². The van der Waals surface area contributed by atoms with Gasteiger partial charge in [-0.25, -0.2) is 9.67 Å². The summed E-state index contributed by atoms with van der Waals surface area (Å²) in [5, 5.41) is 7.58. The third kappa shape index (κ3) is 1.84. The van der Waals surface area contributed by atoms with Gasteiger partial charge in [0.15, 0.2) is 10.4 Å². The Kier molecular flexibility index (Phi) is 3.02. The predicted molar refractivity (Wildman–Crippen MR) is 79.2 cm³/mol. The van der Waals surface area contributed by atoms with Crippen LogP contribution in [0.2, 0.25) is 0 Å². The van der Waals surface area contributed by atoms with Crippen molar-refractivity contribution in [2.24, 2.45) is 0 Å². The minimum Gasteiger partial charge on any atom is -0.328 e. The average Bonchev–Trinajstić information content (AvgIpc) is 3.06. The third-order valence-electron chi connectivity index (χ3n) is 3.28. The molecular weight excluding hydrogens is 278 g/mol. The molecule has 0 aliphatic rings. The van der Waals surface area contributed by atoms with Gasteiger partial charge in [-0.15, -0.1) is 11.3 Å². The molecule has 0 bridgehead atoms. The minimum atomic E-state index is 0.114. The quantitative estimate of drug-likeness (QED) is 0.754. The maximum Gasteiger partial charge on any atom is 0.179 e. The highest BCUT2D eigenvalue weighted by Crippen LogP contribution is 2.26. The molecule has 1 N–H and O–H groups in total. The van der Waals surface area contributed by atoms with Crippen molar-refractivity contribution in [3.8, 4) is 0 Å². The van der Waals surface area contributed by atoms with E-state index in [-0.39, 0.29) is 6.04 Å². The van der Waals surface area contributed by atoms with E-state index in [1.807, 2.05) is 23.2 Å². The van der Waals surface area contributed by atoms with E-state index >= 15 is 0 Å². The van der Waals surface area contributed by atoms with Crippen LogP contribution >= 0.6 is 23.6 Å². The molecule has 19 heavy (non-hydrogen) atoms. The number of H-pyrrole nitrogens is 1. The van der Waals surface area contributed by atoms with E-state index in [4.69, 9.17) is 12.2 Å². The van der Waals surface area contributed by atoms with Gasteiger partial charge < -0.3 is 4.98 Å². The second-order valence-corrected chi connectivity index (χ2v) is 5.76. The number of hydrogen-bond acceptors (Lipinski definition) is 4. The summed E-state index contributed by atoms with van der Waals surface area (Å²) in [4.78, 5) is 7.65.